The number of methoxy groups -OCH3 is 1. The van der Waals surface area contributed by atoms with Gasteiger partial charge in [-0.3, -0.25) is 9.59 Å². The molecule has 2 N–H and O–H groups in total. The molecule has 188 valence electrons. The van der Waals surface area contributed by atoms with Crippen LogP contribution in [0.25, 0.3) is 23.0 Å². The molecule has 2 amide bonds. The maximum absolute atomic E-state index is 13.2. The SMILES string of the molecule is COCCCNC(=O)/C(=C\c1cn(-c2ccccc2)nc1-c1ccc(Cl)cc1)NC(=O)c1ccccc1. The van der Waals surface area contributed by atoms with E-state index in [1.165, 1.54) is 0 Å². The molecule has 1 heterocycles. The molecule has 0 fully saturated rings. The summed E-state index contributed by atoms with van der Waals surface area (Å²) in [5.74, 6) is -0.794. The van der Waals surface area contributed by atoms with Gasteiger partial charge in [0.2, 0.25) is 0 Å². The van der Waals surface area contributed by atoms with E-state index in [4.69, 9.17) is 21.4 Å². The molecule has 0 unspecified atom stereocenters. The van der Waals surface area contributed by atoms with Crippen LogP contribution in [0.1, 0.15) is 22.3 Å². The van der Waals surface area contributed by atoms with Crippen LogP contribution in [0.5, 0.6) is 0 Å². The Morgan fingerprint density at radius 3 is 2.32 bits per heavy atom. The van der Waals surface area contributed by atoms with Gasteiger partial charge in [0.05, 0.1) is 5.69 Å². The average Bonchev–Trinajstić information content (AvgIpc) is 3.36. The number of ether oxygens (including phenoxy) is 1. The number of nitrogens with zero attached hydrogens (tertiary/aromatic N) is 2. The second-order valence-corrected chi connectivity index (χ2v) is 8.64. The third-order valence-electron chi connectivity index (χ3n) is 5.52. The van der Waals surface area contributed by atoms with Crippen molar-refractivity contribution >= 4 is 29.5 Å². The summed E-state index contributed by atoms with van der Waals surface area (Å²) in [6.07, 6.45) is 4.11. The van der Waals surface area contributed by atoms with Gasteiger partial charge in [0.15, 0.2) is 0 Å². The van der Waals surface area contributed by atoms with E-state index in [-0.39, 0.29) is 11.6 Å². The van der Waals surface area contributed by atoms with Crippen molar-refractivity contribution in [3.05, 3.63) is 113 Å². The number of carbonyl (C=O) groups is 2. The first-order valence-corrected chi connectivity index (χ1v) is 12.2. The van der Waals surface area contributed by atoms with Gasteiger partial charge in [0.25, 0.3) is 11.8 Å². The summed E-state index contributed by atoms with van der Waals surface area (Å²) >= 11 is 6.11. The quantitative estimate of drug-likeness (QED) is 0.227. The molecular weight excluding hydrogens is 488 g/mol. The molecule has 0 aliphatic carbocycles. The summed E-state index contributed by atoms with van der Waals surface area (Å²) in [4.78, 5) is 26.1. The summed E-state index contributed by atoms with van der Waals surface area (Å²) in [5.41, 5.74) is 3.52. The lowest BCUT2D eigenvalue weighted by molar-refractivity contribution is -0.117. The van der Waals surface area contributed by atoms with E-state index in [0.29, 0.717) is 41.4 Å². The summed E-state index contributed by atoms with van der Waals surface area (Å²) < 4.78 is 6.80. The lowest BCUT2D eigenvalue weighted by Crippen LogP contribution is -2.35. The van der Waals surface area contributed by atoms with Gasteiger partial charge in [-0.25, -0.2) is 4.68 Å². The third-order valence-corrected chi connectivity index (χ3v) is 5.77. The largest absolute Gasteiger partial charge is 0.385 e. The average molecular weight is 515 g/mol. The number of hydrogen-bond donors (Lipinski definition) is 2. The molecule has 0 saturated carbocycles. The van der Waals surface area contributed by atoms with Gasteiger partial charge < -0.3 is 15.4 Å². The first-order chi connectivity index (χ1) is 18.0. The first-order valence-electron chi connectivity index (χ1n) is 11.8. The molecular formula is C29H27ClN4O3. The molecule has 8 heteroatoms. The summed E-state index contributed by atoms with van der Waals surface area (Å²) in [5, 5.41) is 11.0. The highest BCUT2D eigenvalue weighted by Gasteiger charge is 2.18. The van der Waals surface area contributed by atoms with Gasteiger partial charge in [0.1, 0.15) is 11.4 Å². The van der Waals surface area contributed by atoms with Gasteiger partial charge in [-0.15, -0.1) is 0 Å². The van der Waals surface area contributed by atoms with E-state index in [0.717, 1.165) is 11.3 Å². The fraction of sp³-hybridized carbons (Fsp3) is 0.138. The molecule has 0 spiro atoms. The number of rotatable bonds is 10. The molecule has 0 bridgehead atoms. The van der Waals surface area contributed by atoms with Crippen LogP contribution >= 0.6 is 11.6 Å². The van der Waals surface area contributed by atoms with E-state index in [2.05, 4.69) is 10.6 Å². The second-order valence-electron chi connectivity index (χ2n) is 8.20. The lowest BCUT2D eigenvalue weighted by Gasteiger charge is -2.11. The van der Waals surface area contributed by atoms with Gasteiger partial charge >= 0.3 is 0 Å². The molecule has 3 aromatic carbocycles. The molecule has 4 aromatic rings. The number of amides is 2. The highest BCUT2D eigenvalue weighted by Crippen LogP contribution is 2.27. The molecule has 4 rings (SSSR count). The van der Waals surface area contributed by atoms with Crippen molar-refractivity contribution in [3.63, 3.8) is 0 Å². The molecule has 37 heavy (non-hydrogen) atoms. The Morgan fingerprint density at radius 1 is 0.973 bits per heavy atom. The van der Waals surface area contributed by atoms with Gasteiger partial charge in [-0.1, -0.05) is 60.1 Å². The molecule has 0 aliphatic rings. The van der Waals surface area contributed by atoms with Crippen LogP contribution in [0.2, 0.25) is 5.02 Å². The van der Waals surface area contributed by atoms with Crippen molar-refractivity contribution in [2.24, 2.45) is 0 Å². The molecule has 0 radical (unpaired) electrons. The first kappa shape index (κ1) is 25.9. The zero-order valence-corrected chi connectivity index (χ0v) is 21.1. The summed E-state index contributed by atoms with van der Waals surface area (Å²) in [6.45, 7) is 0.915. The minimum Gasteiger partial charge on any atom is -0.385 e. The van der Waals surface area contributed by atoms with E-state index in [9.17, 15) is 9.59 Å². The van der Waals surface area contributed by atoms with Crippen LogP contribution in [0.15, 0.2) is 96.8 Å². The molecule has 0 saturated heterocycles. The Hall–Kier alpha value is -4.20. The van der Waals surface area contributed by atoms with Gasteiger partial charge in [-0.05, 0) is 48.9 Å². The van der Waals surface area contributed by atoms with Crippen LogP contribution in [0, 0.1) is 0 Å². The summed E-state index contributed by atoms with van der Waals surface area (Å²) in [6, 6.07) is 25.7. The van der Waals surface area contributed by atoms with Gasteiger partial charge in [-0.2, -0.15) is 5.10 Å². The predicted octanol–water partition coefficient (Wildman–Crippen LogP) is 5.12. The third kappa shape index (κ3) is 6.94. The molecule has 1 aromatic heterocycles. The monoisotopic (exact) mass is 514 g/mol. The number of benzene rings is 3. The highest BCUT2D eigenvalue weighted by atomic mass is 35.5. The van der Waals surface area contributed by atoms with E-state index in [1.807, 2.05) is 54.7 Å². The number of aromatic nitrogens is 2. The van der Waals surface area contributed by atoms with E-state index in [1.54, 1.807) is 54.3 Å². The Kier molecular flexibility index (Phi) is 8.86. The topological polar surface area (TPSA) is 85.2 Å². The number of para-hydroxylation sites is 1. The smallest absolute Gasteiger partial charge is 0.267 e. The fourth-order valence-electron chi connectivity index (χ4n) is 3.65. The van der Waals surface area contributed by atoms with Crippen LogP contribution in [-0.2, 0) is 9.53 Å². The van der Waals surface area contributed by atoms with Gasteiger partial charge in [0, 0.05) is 48.2 Å². The van der Waals surface area contributed by atoms with Crippen LogP contribution < -0.4 is 10.6 Å². The number of hydrogen-bond acceptors (Lipinski definition) is 4. The number of halogens is 1. The molecule has 0 atom stereocenters. The van der Waals surface area contributed by atoms with Crippen molar-refractivity contribution in [2.75, 3.05) is 20.3 Å². The van der Waals surface area contributed by atoms with E-state index >= 15 is 0 Å². The zero-order chi connectivity index (χ0) is 26.0. The Morgan fingerprint density at radius 2 is 1.65 bits per heavy atom. The maximum Gasteiger partial charge on any atom is 0.267 e. The highest BCUT2D eigenvalue weighted by molar-refractivity contribution is 6.30. The minimum absolute atomic E-state index is 0.106. The molecule has 7 nitrogen and oxygen atoms in total. The van der Waals surface area contributed by atoms with E-state index < -0.39 is 5.91 Å². The number of nitrogens with one attached hydrogen (secondary N) is 2. The lowest BCUT2D eigenvalue weighted by atomic mass is 10.1. The Labute approximate surface area is 220 Å². The van der Waals surface area contributed by atoms with Crippen molar-refractivity contribution in [3.8, 4) is 16.9 Å². The Balaban J connectivity index is 1.75. The fourth-order valence-corrected chi connectivity index (χ4v) is 3.78. The van der Waals surface area contributed by atoms with Crippen LogP contribution in [0.3, 0.4) is 0 Å². The van der Waals surface area contributed by atoms with Crippen molar-refractivity contribution in [1.29, 1.82) is 0 Å². The molecule has 0 aliphatic heterocycles. The maximum atomic E-state index is 13.2. The van der Waals surface area contributed by atoms with Crippen LogP contribution in [-0.4, -0.2) is 41.9 Å². The summed E-state index contributed by atoms with van der Waals surface area (Å²) in [7, 11) is 1.61. The van der Waals surface area contributed by atoms with Crippen LogP contribution in [0.4, 0.5) is 0 Å². The van der Waals surface area contributed by atoms with Crippen molar-refractivity contribution in [1.82, 2.24) is 20.4 Å². The second kappa shape index (κ2) is 12.7. The zero-order valence-electron chi connectivity index (χ0n) is 20.4. The predicted molar refractivity (Wildman–Crippen MR) is 145 cm³/mol. The van der Waals surface area contributed by atoms with Crippen molar-refractivity contribution < 1.29 is 14.3 Å². The Bertz CT molecular complexity index is 1370. The standard InChI is InChI=1S/C29H27ClN4O3/c1-37-18-8-17-31-29(36)26(32-28(35)22-9-4-2-5-10-22)19-23-20-34(25-11-6-3-7-12-25)33-27(23)21-13-15-24(30)16-14-21/h2-7,9-16,19-20H,8,17-18H2,1H3,(H,31,36)(H,32,35)/b26-19+. The number of carbonyl (C=O) groups excluding carboxylic acids is 2. The minimum atomic E-state index is -0.407. The normalized spacial score (nSPS) is 11.2. The van der Waals surface area contributed by atoms with Crippen molar-refractivity contribution in [2.45, 2.75) is 6.42 Å².